The van der Waals surface area contributed by atoms with E-state index in [9.17, 15) is 4.39 Å². The normalized spacial score (nSPS) is 12.4. The smallest absolute Gasteiger partial charge is 0.123 e. The van der Waals surface area contributed by atoms with E-state index in [0.29, 0.717) is 0 Å². The van der Waals surface area contributed by atoms with Crippen LogP contribution in [-0.4, -0.2) is 0 Å². The highest BCUT2D eigenvalue weighted by molar-refractivity contribution is 7.99. The lowest BCUT2D eigenvalue weighted by atomic mass is 10.1. The summed E-state index contributed by atoms with van der Waals surface area (Å²) in [6, 6.07) is 12.8. The zero-order valence-corrected chi connectivity index (χ0v) is 11.3. The highest BCUT2D eigenvalue weighted by atomic mass is 32.2. The van der Waals surface area contributed by atoms with E-state index in [1.54, 1.807) is 17.8 Å². The number of halogens is 1. The first kappa shape index (κ1) is 13.1. The number of hydrogen-bond acceptors (Lipinski definition) is 2. The molecule has 1 atom stereocenters. The molecule has 0 aliphatic rings. The Morgan fingerprint density at radius 3 is 2.50 bits per heavy atom. The highest BCUT2D eigenvalue weighted by Gasteiger charge is 2.10. The van der Waals surface area contributed by atoms with Crippen molar-refractivity contribution >= 4 is 11.8 Å². The van der Waals surface area contributed by atoms with Crippen LogP contribution in [0.4, 0.5) is 4.39 Å². The predicted octanol–water partition coefficient (Wildman–Crippen LogP) is 4.31. The molecule has 0 amide bonds. The second-order valence-electron chi connectivity index (χ2n) is 4.34. The Bertz CT molecular complexity index is 552. The molecule has 3 heteroatoms. The van der Waals surface area contributed by atoms with Gasteiger partial charge in [-0.3, -0.25) is 0 Å². The van der Waals surface area contributed by atoms with Crippen molar-refractivity contribution in [3.05, 3.63) is 59.4 Å². The van der Waals surface area contributed by atoms with Gasteiger partial charge in [0.2, 0.25) is 0 Å². The molecule has 0 fully saturated rings. The summed E-state index contributed by atoms with van der Waals surface area (Å²) in [6.45, 7) is 3.94. The maximum atomic E-state index is 13.3. The molecule has 0 radical (unpaired) electrons. The number of nitrogens with two attached hydrogens (primary N) is 1. The van der Waals surface area contributed by atoms with Gasteiger partial charge in [0.25, 0.3) is 0 Å². The lowest BCUT2D eigenvalue weighted by molar-refractivity contribution is 0.619. The Labute approximate surface area is 111 Å². The summed E-state index contributed by atoms with van der Waals surface area (Å²) in [5.41, 5.74) is 7.96. The molecule has 94 valence electrons. The second-order valence-corrected chi connectivity index (χ2v) is 5.42. The van der Waals surface area contributed by atoms with Gasteiger partial charge in [0.15, 0.2) is 0 Å². The molecule has 0 saturated carbocycles. The first-order valence-electron chi connectivity index (χ1n) is 5.86. The molecule has 0 heterocycles. The molecule has 0 aromatic heterocycles. The van der Waals surface area contributed by atoms with Crippen molar-refractivity contribution in [1.29, 1.82) is 0 Å². The molecule has 2 aromatic rings. The van der Waals surface area contributed by atoms with Crippen molar-refractivity contribution in [3.8, 4) is 0 Å². The van der Waals surface area contributed by atoms with Crippen LogP contribution >= 0.6 is 11.8 Å². The summed E-state index contributed by atoms with van der Waals surface area (Å²) >= 11 is 1.63. The highest BCUT2D eigenvalue weighted by Crippen LogP contribution is 2.34. The molecular formula is C15H16FNS. The standard InChI is InChI=1S/C15H16FNS/c1-10-5-3-4-6-14(10)18-15-8-7-12(16)9-13(15)11(2)17/h3-9,11H,17H2,1-2H3/t11-/m1/s1. The van der Waals surface area contributed by atoms with Gasteiger partial charge >= 0.3 is 0 Å². The Hall–Kier alpha value is -1.32. The molecule has 0 spiro atoms. The van der Waals surface area contributed by atoms with E-state index >= 15 is 0 Å². The van der Waals surface area contributed by atoms with Gasteiger partial charge in [-0.2, -0.15) is 0 Å². The largest absolute Gasteiger partial charge is 0.324 e. The number of aryl methyl sites for hydroxylation is 1. The minimum absolute atomic E-state index is 0.174. The fourth-order valence-corrected chi connectivity index (χ4v) is 2.87. The first-order chi connectivity index (χ1) is 8.58. The quantitative estimate of drug-likeness (QED) is 0.891. The predicted molar refractivity (Wildman–Crippen MR) is 74.3 cm³/mol. The topological polar surface area (TPSA) is 26.0 Å². The fourth-order valence-electron chi connectivity index (χ4n) is 1.76. The van der Waals surface area contributed by atoms with Crippen LogP contribution in [0.3, 0.4) is 0 Å². The Kier molecular flexibility index (Phi) is 4.04. The summed E-state index contributed by atoms with van der Waals surface area (Å²) in [5, 5.41) is 0. The molecule has 2 N–H and O–H groups in total. The van der Waals surface area contributed by atoms with E-state index in [-0.39, 0.29) is 11.9 Å². The second kappa shape index (κ2) is 5.55. The molecule has 18 heavy (non-hydrogen) atoms. The van der Waals surface area contributed by atoms with Crippen molar-refractivity contribution in [2.75, 3.05) is 0 Å². The van der Waals surface area contributed by atoms with Gasteiger partial charge in [0.05, 0.1) is 0 Å². The van der Waals surface area contributed by atoms with Crippen LogP contribution in [0.25, 0.3) is 0 Å². The van der Waals surface area contributed by atoms with Crippen molar-refractivity contribution in [1.82, 2.24) is 0 Å². The van der Waals surface area contributed by atoms with Crippen molar-refractivity contribution in [3.63, 3.8) is 0 Å². The van der Waals surface area contributed by atoms with Gasteiger partial charge < -0.3 is 5.73 Å². The molecule has 2 aromatic carbocycles. The first-order valence-corrected chi connectivity index (χ1v) is 6.68. The van der Waals surface area contributed by atoms with Crippen LogP contribution in [-0.2, 0) is 0 Å². The lowest BCUT2D eigenvalue weighted by Gasteiger charge is -2.13. The van der Waals surface area contributed by atoms with E-state index in [0.717, 1.165) is 10.5 Å². The molecule has 0 unspecified atom stereocenters. The van der Waals surface area contributed by atoms with Crippen molar-refractivity contribution in [2.24, 2.45) is 5.73 Å². The Morgan fingerprint density at radius 2 is 1.83 bits per heavy atom. The molecule has 1 nitrogen and oxygen atoms in total. The third kappa shape index (κ3) is 2.92. The van der Waals surface area contributed by atoms with Gasteiger partial charge in [-0.1, -0.05) is 30.0 Å². The molecule has 0 aliphatic heterocycles. The average Bonchev–Trinajstić information content (AvgIpc) is 2.34. The van der Waals surface area contributed by atoms with Crippen LogP contribution < -0.4 is 5.73 Å². The van der Waals surface area contributed by atoms with E-state index in [1.165, 1.54) is 22.6 Å². The van der Waals surface area contributed by atoms with Gasteiger partial charge in [0, 0.05) is 15.8 Å². The van der Waals surface area contributed by atoms with E-state index < -0.39 is 0 Å². The van der Waals surface area contributed by atoms with Gasteiger partial charge in [-0.15, -0.1) is 0 Å². The summed E-state index contributed by atoms with van der Waals surface area (Å²) in [4.78, 5) is 2.19. The fraction of sp³-hybridized carbons (Fsp3) is 0.200. The molecule has 0 bridgehead atoms. The Morgan fingerprint density at radius 1 is 1.11 bits per heavy atom. The maximum absolute atomic E-state index is 13.3. The molecular weight excluding hydrogens is 245 g/mol. The summed E-state index contributed by atoms with van der Waals surface area (Å²) in [5.74, 6) is -0.239. The summed E-state index contributed by atoms with van der Waals surface area (Å²) < 4.78 is 13.3. The zero-order chi connectivity index (χ0) is 13.1. The SMILES string of the molecule is Cc1ccccc1Sc1ccc(F)cc1[C@@H](C)N. The van der Waals surface area contributed by atoms with Crippen LogP contribution in [0.2, 0.25) is 0 Å². The monoisotopic (exact) mass is 261 g/mol. The van der Waals surface area contributed by atoms with Crippen molar-refractivity contribution < 1.29 is 4.39 Å². The molecule has 2 rings (SSSR count). The maximum Gasteiger partial charge on any atom is 0.123 e. The number of hydrogen-bond donors (Lipinski definition) is 1. The van der Waals surface area contributed by atoms with Gasteiger partial charge in [-0.25, -0.2) is 4.39 Å². The van der Waals surface area contributed by atoms with Crippen LogP contribution in [0, 0.1) is 12.7 Å². The van der Waals surface area contributed by atoms with Crippen molar-refractivity contribution in [2.45, 2.75) is 29.7 Å². The Balaban J connectivity index is 2.37. The van der Waals surface area contributed by atoms with Gasteiger partial charge in [0.1, 0.15) is 5.82 Å². The lowest BCUT2D eigenvalue weighted by Crippen LogP contribution is -2.06. The number of rotatable bonds is 3. The average molecular weight is 261 g/mol. The molecule has 0 saturated heterocycles. The summed E-state index contributed by atoms with van der Waals surface area (Å²) in [6.07, 6.45) is 0. The van der Waals surface area contributed by atoms with E-state index in [1.807, 2.05) is 19.1 Å². The third-order valence-electron chi connectivity index (χ3n) is 2.78. The minimum Gasteiger partial charge on any atom is -0.324 e. The van der Waals surface area contributed by atoms with E-state index in [4.69, 9.17) is 5.73 Å². The van der Waals surface area contributed by atoms with Gasteiger partial charge in [-0.05, 0) is 49.2 Å². The van der Waals surface area contributed by atoms with Crippen LogP contribution in [0.1, 0.15) is 24.1 Å². The third-order valence-corrected chi connectivity index (χ3v) is 4.05. The van der Waals surface area contributed by atoms with Crippen LogP contribution in [0.5, 0.6) is 0 Å². The van der Waals surface area contributed by atoms with E-state index in [2.05, 4.69) is 19.1 Å². The minimum atomic E-state index is -0.239. The zero-order valence-electron chi connectivity index (χ0n) is 10.5. The number of benzene rings is 2. The molecule has 0 aliphatic carbocycles. The summed E-state index contributed by atoms with van der Waals surface area (Å²) in [7, 11) is 0. The van der Waals surface area contributed by atoms with Crippen LogP contribution in [0.15, 0.2) is 52.3 Å².